The van der Waals surface area contributed by atoms with E-state index in [-0.39, 0.29) is 17.7 Å². The maximum atomic E-state index is 12.4. The van der Waals surface area contributed by atoms with E-state index in [9.17, 15) is 9.59 Å². The zero-order valence-corrected chi connectivity index (χ0v) is 15.9. The van der Waals surface area contributed by atoms with Gasteiger partial charge in [-0.05, 0) is 49.1 Å². The number of ether oxygens (including phenoxy) is 1. The first-order valence-corrected chi connectivity index (χ1v) is 9.35. The first-order valence-electron chi connectivity index (χ1n) is 9.35. The molecule has 2 aromatic rings. The fourth-order valence-corrected chi connectivity index (χ4v) is 3.27. The van der Waals surface area contributed by atoms with Gasteiger partial charge in [-0.15, -0.1) is 0 Å². The van der Waals surface area contributed by atoms with Crippen molar-refractivity contribution in [1.82, 2.24) is 4.90 Å². The van der Waals surface area contributed by atoms with Gasteiger partial charge in [0.1, 0.15) is 12.4 Å². The second-order valence-corrected chi connectivity index (χ2v) is 7.07. The molecule has 5 nitrogen and oxygen atoms in total. The number of hydrogen-bond acceptors (Lipinski definition) is 3. The Kier molecular flexibility index (Phi) is 6.12. The van der Waals surface area contributed by atoms with E-state index in [0.717, 1.165) is 22.6 Å². The Morgan fingerprint density at radius 1 is 1.22 bits per heavy atom. The van der Waals surface area contributed by atoms with Crippen LogP contribution in [-0.2, 0) is 16.0 Å². The summed E-state index contributed by atoms with van der Waals surface area (Å²) >= 11 is 0. The van der Waals surface area contributed by atoms with Crippen LogP contribution in [0.25, 0.3) is 0 Å². The third-order valence-electron chi connectivity index (χ3n) is 4.93. The Morgan fingerprint density at radius 3 is 2.85 bits per heavy atom. The molecule has 0 spiro atoms. The second kappa shape index (κ2) is 8.71. The molecule has 2 amide bonds. The van der Waals surface area contributed by atoms with Gasteiger partial charge in [0.05, 0.1) is 6.54 Å². The van der Waals surface area contributed by atoms with Gasteiger partial charge >= 0.3 is 0 Å². The van der Waals surface area contributed by atoms with E-state index in [2.05, 4.69) is 5.32 Å². The van der Waals surface area contributed by atoms with Crippen molar-refractivity contribution in [2.45, 2.75) is 26.2 Å². The van der Waals surface area contributed by atoms with Crippen LogP contribution in [0.5, 0.6) is 5.75 Å². The summed E-state index contributed by atoms with van der Waals surface area (Å²) in [6.45, 7) is 2.98. The number of amides is 2. The van der Waals surface area contributed by atoms with Crippen LogP contribution in [0.4, 0.5) is 5.69 Å². The molecule has 1 unspecified atom stereocenters. The van der Waals surface area contributed by atoms with Crippen LogP contribution in [0.15, 0.2) is 48.5 Å². The molecule has 0 saturated carbocycles. The quantitative estimate of drug-likeness (QED) is 0.817. The lowest BCUT2D eigenvalue weighted by Crippen LogP contribution is -2.33. The molecule has 1 aliphatic heterocycles. The highest BCUT2D eigenvalue weighted by atomic mass is 16.5. The number of likely N-dealkylation sites (N-methyl/N-ethyl adjacent to an activating group) is 1. The Hall–Kier alpha value is -2.82. The van der Waals surface area contributed by atoms with Crippen LogP contribution < -0.4 is 10.1 Å². The van der Waals surface area contributed by atoms with E-state index in [1.807, 2.05) is 55.5 Å². The van der Waals surface area contributed by atoms with E-state index in [1.54, 1.807) is 11.9 Å². The number of aryl methyl sites for hydroxylation is 1. The molecule has 0 fully saturated rings. The first-order chi connectivity index (χ1) is 13.0. The molecule has 3 rings (SSSR count). The average molecular weight is 366 g/mol. The zero-order chi connectivity index (χ0) is 19.2. The van der Waals surface area contributed by atoms with Crippen LogP contribution in [0, 0.1) is 12.8 Å². The standard InChI is InChI=1S/C22H26N2O3/c1-16-6-5-8-19(14-16)27-13-12-24(2)21(25)11-10-18-15-17-7-3-4-9-20(17)23-22(18)26/h3-9,14,18H,10-13,15H2,1-2H3,(H,23,26). The van der Waals surface area contributed by atoms with Gasteiger partial charge in [-0.25, -0.2) is 0 Å². The minimum atomic E-state index is -0.152. The van der Waals surface area contributed by atoms with Gasteiger partial charge in [0.15, 0.2) is 0 Å². The molecule has 5 heteroatoms. The fraction of sp³-hybridized carbons (Fsp3) is 0.364. The number of nitrogens with zero attached hydrogens (tertiary/aromatic N) is 1. The number of nitrogens with one attached hydrogen (secondary N) is 1. The number of fused-ring (bicyclic) bond motifs is 1. The molecule has 0 saturated heterocycles. The summed E-state index contributed by atoms with van der Waals surface area (Å²) in [4.78, 5) is 26.3. The van der Waals surface area contributed by atoms with Crippen molar-refractivity contribution >= 4 is 17.5 Å². The number of hydrogen-bond donors (Lipinski definition) is 1. The van der Waals surface area contributed by atoms with E-state index < -0.39 is 0 Å². The summed E-state index contributed by atoms with van der Waals surface area (Å²) in [6.07, 6.45) is 1.61. The fourth-order valence-electron chi connectivity index (χ4n) is 3.27. The Labute approximate surface area is 160 Å². The molecule has 0 bridgehead atoms. The minimum Gasteiger partial charge on any atom is -0.492 e. The van der Waals surface area contributed by atoms with Crippen molar-refractivity contribution in [3.8, 4) is 5.75 Å². The molecule has 1 heterocycles. The van der Waals surface area contributed by atoms with Crippen molar-refractivity contribution < 1.29 is 14.3 Å². The zero-order valence-electron chi connectivity index (χ0n) is 15.9. The molecule has 0 aromatic heterocycles. The maximum absolute atomic E-state index is 12.4. The van der Waals surface area contributed by atoms with Crippen molar-refractivity contribution in [1.29, 1.82) is 0 Å². The second-order valence-electron chi connectivity index (χ2n) is 7.07. The van der Waals surface area contributed by atoms with Crippen molar-refractivity contribution in [3.63, 3.8) is 0 Å². The molecular weight excluding hydrogens is 340 g/mol. The van der Waals surface area contributed by atoms with Crippen LogP contribution in [0.1, 0.15) is 24.0 Å². The van der Waals surface area contributed by atoms with Gasteiger partial charge in [0.25, 0.3) is 0 Å². The van der Waals surface area contributed by atoms with E-state index in [1.165, 1.54) is 0 Å². The summed E-state index contributed by atoms with van der Waals surface area (Å²) in [6, 6.07) is 15.7. The van der Waals surface area contributed by atoms with Gasteiger partial charge in [-0.2, -0.15) is 0 Å². The molecule has 27 heavy (non-hydrogen) atoms. The van der Waals surface area contributed by atoms with Gasteiger partial charge in [0, 0.05) is 25.1 Å². The van der Waals surface area contributed by atoms with Crippen LogP contribution in [-0.4, -0.2) is 36.9 Å². The lowest BCUT2D eigenvalue weighted by molar-refractivity contribution is -0.130. The predicted octanol–water partition coefficient (Wildman–Crippen LogP) is 3.42. The summed E-state index contributed by atoms with van der Waals surface area (Å²) in [7, 11) is 1.78. The van der Waals surface area contributed by atoms with E-state index in [4.69, 9.17) is 4.74 Å². The minimum absolute atomic E-state index is 0.00642. The Balaban J connectivity index is 1.43. The first kappa shape index (κ1) is 19.0. The number of benzene rings is 2. The largest absolute Gasteiger partial charge is 0.492 e. The van der Waals surface area contributed by atoms with Crippen LogP contribution >= 0.6 is 0 Å². The SMILES string of the molecule is Cc1cccc(OCCN(C)C(=O)CCC2Cc3ccccc3NC2=O)c1. The van der Waals surface area contributed by atoms with E-state index >= 15 is 0 Å². The number of carbonyl (C=O) groups excluding carboxylic acids is 2. The predicted molar refractivity (Wildman–Crippen MR) is 106 cm³/mol. The molecule has 0 radical (unpaired) electrons. The highest BCUT2D eigenvalue weighted by Gasteiger charge is 2.26. The van der Waals surface area contributed by atoms with Crippen LogP contribution in [0.2, 0.25) is 0 Å². The van der Waals surface area contributed by atoms with Gasteiger partial charge < -0.3 is 15.0 Å². The Morgan fingerprint density at radius 2 is 2.04 bits per heavy atom. The van der Waals surface area contributed by atoms with Gasteiger partial charge in [0.2, 0.25) is 11.8 Å². The van der Waals surface area contributed by atoms with Crippen molar-refractivity contribution in [2.24, 2.45) is 5.92 Å². The lowest BCUT2D eigenvalue weighted by atomic mass is 9.89. The molecule has 0 aliphatic carbocycles. The summed E-state index contributed by atoms with van der Waals surface area (Å²) in [5.74, 6) is 0.704. The lowest BCUT2D eigenvalue weighted by Gasteiger charge is -2.25. The molecule has 1 N–H and O–H groups in total. The molecule has 142 valence electrons. The Bertz CT molecular complexity index is 819. The van der Waals surface area contributed by atoms with Crippen molar-refractivity contribution in [2.75, 3.05) is 25.5 Å². The van der Waals surface area contributed by atoms with Gasteiger partial charge in [-0.1, -0.05) is 30.3 Å². The highest BCUT2D eigenvalue weighted by molar-refractivity contribution is 5.96. The summed E-state index contributed by atoms with van der Waals surface area (Å²) in [5, 5.41) is 2.94. The smallest absolute Gasteiger partial charge is 0.227 e. The van der Waals surface area contributed by atoms with Gasteiger partial charge in [-0.3, -0.25) is 9.59 Å². The molecule has 1 atom stereocenters. The number of rotatable bonds is 7. The highest BCUT2D eigenvalue weighted by Crippen LogP contribution is 2.27. The molecule has 1 aliphatic rings. The topological polar surface area (TPSA) is 58.6 Å². The van der Waals surface area contributed by atoms with Crippen molar-refractivity contribution in [3.05, 3.63) is 59.7 Å². The maximum Gasteiger partial charge on any atom is 0.227 e. The third-order valence-corrected chi connectivity index (χ3v) is 4.93. The normalized spacial score (nSPS) is 15.6. The summed E-state index contributed by atoms with van der Waals surface area (Å²) < 4.78 is 5.70. The van der Waals surface area contributed by atoms with Crippen LogP contribution in [0.3, 0.4) is 0 Å². The van der Waals surface area contributed by atoms with E-state index in [0.29, 0.717) is 32.4 Å². The number of carbonyl (C=O) groups is 2. The number of anilines is 1. The molecular formula is C22H26N2O3. The summed E-state index contributed by atoms with van der Waals surface area (Å²) in [5.41, 5.74) is 3.16. The monoisotopic (exact) mass is 366 g/mol. The third kappa shape index (κ3) is 5.09. The number of para-hydroxylation sites is 1. The molecule has 2 aromatic carbocycles. The average Bonchev–Trinajstić information content (AvgIpc) is 2.66.